The van der Waals surface area contributed by atoms with Crippen LogP contribution in [0.25, 0.3) is 21.2 Å². The summed E-state index contributed by atoms with van der Waals surface area (Å²) < 4.78 is 24.7. The molecule has 0 fully saturated rings. The lowest BCUT2D eigenvalue weighted by Crippen LogP contribution is -2.17. The number of aliphatic carboxylic acids is 1. The van der Waals surface area contributed by atoms with Gasteiger partial charge in [0, 0.05) is 17.3 Å². The van der Waals surface area contributed by atoms with Crippen molar-refractivity contribution < 1.29 is 28.3 Å². The van der Waals surface area contributed by atoms with Crippen molar-refractivity contribution in [3.63, 3.8) is 0 Å². The number of nitrogens with zero attached hydrogens (tertiary/aromatic N) is 2. The molecule has 10 heteroatoms. The second-order valence-corrected chi connectivity index (χ2v) is 8.49. The average molecular weight is 482 g/mol. The van der Waals surface area contributed by atoms with Crippen LogP contribution in [0.2, 0.25) is 0 Å². The molecule has 34 heavy (non-hydrogen) atoms. The zero-order chi connectivity index (χ0) is 24.2. The van der Waals surface area contributed by atoms with Crippen LogP contribution >= 0.6 is 11.3 Å². The van der Waals surface area contributed by atoms with E-state index in [9.17, 15) is 14.0 Å². The summed E-state index contributed by atoms with van der Waals surface area (Å²) in [7, 11) is 0. The Hall–Kier alpha value is -4.05. The Balaban J connectivity index is 1.50. The fourth-order valence-electron chi connectivity index (χ4n) is 3.30. The number of thiazole rings is 1. The number of aromatic nitrogens is 2. The summed E-state index contributed by atoms with van der Waals surface area (Å²) >= 11 is 1.32. The highest BCUT2D eigenvalue weighted by Crippen LogP contribution is 2.37. The predicted octanol–water partition coefficient (Wildman–Crippen LogP) is 5.85. The molecule has 0 aliphatic carbocycles. The molecule has 1 amide bonds. The van der Waals surface area contributed by atoms with Crippen molar-refractivity contribution in [2.24, 2.45) is 0 Å². The Kier molecular flexibility index (Phi) is 6.69. The van der Waals surface area contributed by atoms with Gasteiger partial charge in [0.05, 0.1) is 11.3 Å². The third-order valence-electron chi connectivity index (χ3n) is 5.00. The molecule has 0 saturated heterocycles. The quantitative estimate of drug-likeness (QED) is 0.340. The minimum Gasteiger partial charge on any atom is -0.481 e. The molecule has 0 saturated carbocycles. The van der Waals surface area contributed by atoms with Crippen molar-refractivity contribution in [1.29, 1.82) is 0 Å². The summed E-state index contributed by atoms with van der Waals surface area (Å²) in [5.74, 6) is -1.04. The van der Waals surface area contributed by atoms with E-state index in [1.165, 1.54) is 17.4 Å². The van der Waals surface area contributed by atoms with Gasteiger partial charge in [-0.15, -0.1) is 11.3 Å². The molecule has 1 atom stereocenters. The molecule has 4 aromatic rings. The number of ether oxygens (including phenoxy) is 1. The summed E-state index contributed by atoms with van der Waals surface area (Å²) in [6, 6.07) is 13.2. The highest BCUT2D eigenvalue weighted by Gasteiger charge is 2.22. The molecule has 0 spiro atoms. The molecule has 0 radical (unpaired) electrons. The van der Waals surface area contributed by atoms with Gasteiger partial charge in [0.15, 0.2) is 0 Å². The number of carboxylic acid groups (broad SMARTS) is 1. The number of carboxylic acids is 1. The first-order valence-electron chi connectivity index (χ1n) is 10.3. The van der Waals surface area contributed by atoms with Crippen LogP contribution in [0, 0.1) is 12.7 Å². The topological polar surface area (TPSA) is 115 Å². The Bertz CT molecular complexity index is 1330. The van der Waals surface area contributed by atoms with Crippen molar-refractivity contribution in [2.45, 2.75) is 26.4 Å². The number of aryl methyl sites for hydroxylation is 1. The summed E-state index contributed by atoms with van der Waals surface area (Å²) in [6.07, 6.45) is -0.0312. The third-order valence-corrected chi connectivity index (χ3v) is 6.05. The maximum absolute atomic E-state index is 14.0. The molecule has 0 aliphatic heterocycles. The van der Waals surface area contributed by atoms with Gasteiger partial charge < -0.3 is 14.4 Å². The van der Waals surface area contributed by atoms with Crippen LogP contribution in [0.3, 0.4) is 0 Å². The summed E-state index contributed by atoms with van der Waals surface area (Å²) in [4.78, 5) is 28.4. The summed E-state index contributed by atoms with van der Waals surface area (Å²) in [6.45, 7) is 3.25. The predicted molar refractivity (Wildman–Crippen MR) is 124 cm³/mol. The van der Waals surface area contributed by atoms with E-state index in [2.05, 4.69) is 15.5 Å². The number of amides is 1. The standard InChI is InChI=1S/C24H20FN3O5S/c1-13-21(27-24(31)32-14(2)17-5-3-4-6-18(17)25)22(33-28-13)19-12-26-23(34-19)16-9-7-15(8-10-16)11-20(29)30/h3-10,12,14H,11H2,1-2H3,(H,27,31)(H,29,30). The smallest absolute Gasteiger partial charge is 0.412 e. The normalized spacial score (nSPS) is 11.7. The van der Waals surface area contributed by atoms with Gasteiger partial charge in [-0.1, -0.05) is 47.6 Å². The fraction of sp³-hybridized carbons (Fsp3) is 0.167. The van der Waals surface area contributed by atoms with Crippen molar-refractivity contribution in [3.05, 3.63) is 77.4 Å². The van der Waals surface area contributed by atoms with E-state index in [4.69, 9.17) is 14.4 Å². The molecule has 2 aromatic carbocycles. The largest absolute Gasteiger partial charge is 0.481 e. The lowest BCUT2D eigenvalue weighted by Gasteiger charge is -2.14. The van der Waals surface area contributed by atoms with E-state index >= 15 is 0 Å². The Labute approximate surface area is 198 Å². The number of hydrogen-bond donors (Lipinski definition) is 2. The van der Waals surface area contributed by atoms with Crippen molar-refractivity contribution in [3.8, 4) is 21.2 Å². The number of halogens is 1. The number of carbonyl (C=O) groups is 2. The number of benzene rings is 2. The molecule has 0 aliphatic rings. The zero-order valence-electron chi connectivity index (χ0n) is 18.2. The van der Waals surface area contributed by atoms with Crippen molar-refractivity contribution >= 4 is 29.1 Å². The lowest BCUT2D eigenvalue weighted by molar-refractivity contribution is -0.136. The molecular weight excluding hydrogens is 461 g/mol. The SMILES string of the molecule is Cc1noc(-c2cnc(-c3ccc(CC(=O)O)cc3)s2)c1NC(=O)OC(C)c1ccccc1F. The number of carbonyl (C=O) groups excluding carboxylic acids is 1. The van der Waals surface area contributed by atoms with Gasteiger partial charge in [-0.3, -0.25) is 10.1 Å². The zero-order valence-corrected chi connectivity index (χ0v) is 19.1. The van der Waals surface area contributed by atoms with Crippen LogP contribution in [-0.4, -0.2) is 27.3 Å². The maximum atomic E-state index is 14.0. The van der Waals surface area contributed by atoms with Crippen molar-refractivity contribution in [2.75, 3.05) is 5.32 Å². The van der Waals surface area contributed by atoms with Crippen LogP contribution < -0.4 is 5.32 Å². The second kappa shape index (κ2) is 9.84. The van der Waals surface area contributed by atoms with Gasteiger partial charge in [0.1, 0.15) is 28.3 Å². The molecule has 2 aromatic heterocycles. The van der Waals surface area contributed by atoms with Gasteiger partial charge in [-0.05, 0) is 25.5 Å². The van der Waals surface area contributed by atoms with Crippen LogP contribution in [0.1, 0.15) is 29.8 Å². The summed E-state index contributed by atoms with van der Waals surface area (Å²) in [5, 5.41) is 16.2. The monoisotopic (exact) mass is 481 g/mol. The van der Waals surface area contributed by atoms with Crippen LogP contribution in [-0.2, 0) is 16.0 Å². The van der Waals surface area contributed by atoms with E-state index in [1.807, 2.05) is 0 Å². The third kappa shape index (κ3) is 5.12. The van der Waals surface area contributed by atoms with E-state index in [0.29, 0.717) is 32.6 Å². The Morgan fingerprint density at radius 1 is 1.21 bits per heavy atom. The first-order valence-corrected chi connectivity index (χ1v) is 11.1. The number of rotatable bonds is 7. The van der Waals surface area contributed by atoms with Crippen LogP contribution in [0.4, 0.5) is 14.9 Å². The highest BCUT2D eigenvalue weighted by molar-refractivity contribution is 7.18. The molecule has 0 bridgehead atoms. The average Bonchev–Trinajstić information content (AvgIpc) is 3.41. The molecule has 174 valence electrons. The molecule has 1 unspecified atom stereocenters. The van der Waals surface area contributed by atoms with Gasteiger partial charge in [0.2, 0.25) is 5.76 Å². The molecule has 4 rings (SSSR count). The van der Waals surface area contributed by atoms with E-state index in [1.54, 1.807) is 62.5 Å². The van der Waals surface area contributed by atoms with Crippen LogP contribution in [0.15, 0.2) is 59.3 Å². The summed E-state index contributed by atoms with van der Waals surface area (Å²) in [5.41, 5.74) is 2.54. The van der Waals surface area contributed by atoms with Crippen molar-refractivity contribution in [1.82, 2.24) is 10.1 Å². The Morgan fingerprint density at radius 2 is 1.94 bits per heavy atom. The first kappa shape index (κ1) is 23.1. The highest BCUT2D eigenvalue weighted by atomic mass is 32.1. The number of nitrogens with one attached hydrogen (secondary N) is 1. The minimum atomic E-state index is -0.896. The van der Waals surface area contributed by atoms with Crippen LogP contribution in [0.5, 0.6) is 0 Å². The fourth-order valence-corrected chi connectivity index (χ4v) is 4.20. The maximum Gasteiger partial charge on any atom is 0.412 e. The lowest BCUT2D eigenvalue weighted by atomic mass is 10.1. The minimum absolute atomic E-state index is 0.0542. The molecular formula is C24H20FN3O5S. The molecule has 8 nitrogen and oxygen atoms in total. The molecule has 2 N–H and O–H groups in total. The van der Waals surface area contributed by atoms with Gasteiger partial charge in [-0.25, -0.2) is 14.2 Å². The number of anilines is 1. The van der Waals surface area contributed by atoms with E-state index in [0.717, 1.165) is 5.56 Å². The van der Waals surface area contributed by atoms with Gasteiger partial charge in [-0.2, -0.15) is 0 Å². The van der Waals surface area contributed by atoms with E-state index in [-0.39, 0.29) is 12.0 Å². The van der Waals surface area contributed by atoms with E-state index < -0.39 is 24.0 Å². The number of hydrogen-bond acceptors (Lipinski definition) is 7. The second-order valence-electron chi connectivity index (χ2n) is 7.46. The van der Waals surface area contributed by atoms with Gasteiger partial charge in [0.25, 0.3) is 0 Å². The molecule has 2 heterocycles. The van der Waals surface area contributed by atoms with Gasteiger partial charge >= 0.3 is 12.1 Å². The first-order chi connectivity index (χ1) is 16.3. The Morgan fingerprint density at radius 3 is 2.65 bits per heavy atom.